The fourth-order valence-electron chi connectivity index (χ4n) is 2.77. The lowest BCUT2D eigenvalue weighted by Gasteiger charge is -2.21. The summed E-state index contributed by atoms with van der Waals surface area (Å²) in [6.45, 7) is 4.69. The Labute approximate surface area is 122 Å². The van der Waals surface area contributed by atoms with Crippen LogP contribution in [0, 0.1) is 5.92 Å². The Kier molecular flexibility index (Phi) is 5.45. The third-order valence-corrected chi connectivity index (χ3v) is 4.21. The number of rotatable bonds is 5. The molecule has 1 amide bonds. The summed E-state index contributed by atoms with van der Waals surface area (Å²) in [6.07, 6.45) is 9.78. The van der Waals surface area contributed by atoms with Gasteiger partial charge in [0.2, 0.25) is 0 Å². The van der Waals surface area contributed by atoms with Crippen LogP contribution in [0.15, 0.2) is 22.6 Å². The Morgan fingerprint density at radius 1 is 1.35 bits per heavy atom. The van der Waals surface area contributed by atoms with Crippen LogP contribution in [0.1, 0.15) is 70.1 Å². The van der Waals surface area contributed by atoms with Gasteiger partial charge in [0.1, 0.15) is 5.76 Å². The first-order valence-corrected chi connectivity index (χ1v) is 7.72. The molecule has 1 N–H and O–H groups in total. The number of carbonyl (C=O) groups excluding carboxylic acids is 1. The van der Waals surface area contributed by atoms with Gasteiger partial charge in [0, 0.05) is 7.97 Å². The van der Waals surface area contributed by atoms with Crippen LogP contribution >= 0.6 is 0 Å². The van der Waals surface area contributed by atoms with Crippen molar-refractivity contribution in [2.24, 2.45) is 5.92 Å². The molecule has 3 nitrogen and oxygen atoms in total. The molecule has 0 bridgehead atoms. The highest BCUT2D eigenvalue weighted by Gasteiger charge is 2.15. The van der Waals surface area contributed by atoms with Crippen LogP contribution in [0.2, 0.25) is 0 Å². The van der Waals surface area contributed by atoms with Crippen molar-refractivity contribution >= 4 is 11.5 Å². The summed E-state index contributed by atoms with van der Waals surface area (Å²) in [4.78, 5) is 12.0. The fourth-order valence-corrected chi connectivity index (χ4v) is 2.77. The monoisotopic (exact) mass is 277 g/mol. The number of allylic oxidation sites excluding steroid dienone is 2. The van der Waals surface area contributed by atoms with E-state index in [1.165, 1.54) is 32.1 Å². The van der Waals surface area contributed by atoms with Gasteiger partial charge < -0.3 is 9.73 Å². The van der Waals surface area contributed by atoms with Crippen LogP contribution in [-0.2, 0) is 0 Å². The van der Waals surface area contributed by atoms with Crippen molar-refractivity contribution in [2.45, 2.75) is 52.4 Å². The second kappa shape index (κ2) is 7.32. The molecule has 1 aromatic heterocycles. The van der Waals surface area contributed by atoms with E-state index in [9.17, 15) is 4.79 Å². The van der Waals surface area contributed by atoms with Gasteiger partial charge in [-0.2, -0.15) is 0 Å². The summed E-state index contributed by atoms with van der Waals surface area (Å²) >= 11 is 0. The van der Waals surface area contributed by atoms with Gasteiger partial charge in [-0.3, -0.25) is 4.79 Å². The van der Waals surface area contributed by atoms with Gasteiger partial charge in [0.15, 0.2) is 5.76 Å². The van der Waals surface area contributed by atoms with Crippen molar-refractivity contribution in [3.05, 3.63) is 29.7 Å². The van der Waals surface area contributed by atoms with Gasteiger partial charge in [0.25, 0.3) is 5.91 Å². The molecule has 0 saturated heterocycles. The molecular formula is C17H27NO2. The third-order valence-electron chi connectivity index (χ3n) is 4.21. The first-order valence-electron chi connectivity index (χ1n) is 7.72. The zero-order valence-electron chi connectivity index (χ0n) is 12.6. The van der Waals surface area contributed by atoms with Crippen molar-refractivity contribution in [3.63, 3.8) is 0 Å². The minimum Gasteiger partial charge on any atom is -0.451 e. The van der Waals surface area contributed by atoms with E-state index < -0.39 is 0 Å². The van der Waals surface area contributed by atoms with E-state index in [0.717, 1.165) is 30.2 Å². The number of hydrogen-bond acceptors (Lipinski definition) is 2. The number of nitrogens with one attached hydrogen (secondary N) is 1. The lowest BCUT2D eigenvalue weighted by atomic mass is 9.87. The normalized spacial score (nSPS) is 17.2. The summed E-state index contributed by atoms with van der Waals surface area (Å²) in [6, 6.07) is 3.60. The maximum atomic E-state index is 12.0. The summed E-state index contributed by atoms with van der Waals surface area (Å²) in [5.74, 6) is 1.87. The first kappa shape index (κ1) is 14.9. The Bertz CT molecular complexity index is 473. The van der Waals surface area contributed by atoms with Gasteiger partial charge >= 0.3 is 0 Å². The maximum absolute atomic E-state index is 12.0. The molecule has 112 valence electrons. The Hall–Kier alpha value is -1.51. The average molecular weight is 277 g/mol. The minimum atomic E-state index is -0.101. The van der Waals surface area contributed by atoms with Crippen molar-refractivity contribution in [2.75, 3.05) is 6.54 Å². The van der Waals surface area contributed by atoms with Gasteiger partial charge in [-0.25, -0.2) is 0 Å². The molecule has 3 heteroatoms. The number of amides is 1. The second-order valence-corrected chi connectivity index (χ2v) is 5.68. The molecule has 0 radical (unpaired) electrons. The van der Waals surface area contributed by atoms with Crippen LogP contribution in [0.3, 0.4) is 0 Å². The molecule has 1 heterocycles. The predicted octanol–water partition coefficient (Wildman–Crippen LogP) is 4.65. The van der Waals surface area contributed by atoms with E-state index in [1.807, 2.05) is 26.0 Å². The molecular weight excluding hydrogens is 250 g/mol. The molecule has 1 saturated carbocycles. The lowest BCUT2D eigenvalue weighted by Crippen LogP contribution is -2.26. The Balaban J connectivity index is 0.00000220. The van der Waals surface area contributed by atoms with E-state index in [4.69, 9.17) is 4.42 Å². The summed E-state index contributed by atoms with van der Waals surface area (Å²) in [5.41, 5.74) is 1.05. The van der Waals surface area contributed by atoms with E-state index in [2.05, 4.69) is 5.32 Å². The van der Waals surface area contributed by atoms with Crippen LogP contribution in [0.25, 0.3) is 5.57 Å². The molecule has 1 aliphatic carbocycles. The summed E-state index contributed by atoms with van der Waals surface area (Å²) in [5, 5.41) is 2.96. The van der Waals surface area contributed by atoms with Crippen molar-refractivity contribution in [3.8, 4) is 0 Å². The summed E-state index contributed by atoms with van der Waals surface area (Å²) in [7, 11) is 0. The maximum Gasteiger partial charge on any atom is 0.287 e. The van der Waals surface area contributed by atoms with E-state index in [1.54, 1.807) is 6.07 Å². The lowest BCUT2D eigenvalue weighted by molar-refractivity contribution is 0.0922. The molecule has 1 aromatic rings. The van der Waals surface area contributed by atoms with Crippen LogP contribution in [0.4, 0.5) is 0 Å². The zero-order chi connectivity index (χ0) is 14.4. The van der Waals surface area contributed by atoms with Gasteiger partial charge in [-0.15, -0.1) is 0 Å². The third kappa shape index (κ3) is 3.99. The van der Waals surface area contributed by atoms with E-state index in [-0.39, 0.29) is 7.33 Å². The van der Waals surface area contributed by atoms with E-state index >= 15 is 0 Å². The number of hydrogen-bond donors (Lipinski definition) is 1. The van der Waals surface area contributed by atoms with Crippen LogP contribution in [-0.4, -0.2) is 12.5 Å². The van der Waals surface area contributed by atoms with Crippen molar-refractivity contribution in [1.82, 2.24) is 5.32 Å². The largest absolute Gasteiger partial charge is 0.451 e. The Morgan fingerprint density at radius 2 is 2.05 bits per heavy atom. The molecule has 2 rings (SSSR count). The van der Waals surface area contributed by atoms with Crippen molar-refractivity contribution < 1.29 is 10.6 Å². The highest BCUT2D eigenvalue weighted by atomic mass is 16.3. The SMILES string of the molecule is CC=C(C)c1ccc(C(=O)NCCC2CCCCC2)o1.[HH]. The Morgan fingerprint density at radius 3 is 2.75 bits per heavy atom. The highest BCUT2D eigenvalue weighted by Crippen LogP contribution is 2.25. The predicted molar refractivity (Wildman–Crippen MR) is 83.7 cm³/mol. The molecule has 0 unspecified atom stereocenters. The second-order valence-electron chi connectivity index (χ2n) is 5.68. The molecule has 1 fully saturated rings. The van der Waals surface area contributed by atoms with Crippen LogP contribution < -0.4 is 5.32 Å². The standard InChI is InChI=1S/C17H25NO2.H2/c1-3-13(2)15-9-10-16(20-15)17(19)18-12-11-14-7-5-4-6-8-14;/h3,9-10,14H,4-8,11-12H2,1-2H3,(H,18,19);1H. The molecule has 20 heavy (non-hydrogen) atoms. The first-order chi connectivity index (χ1) is 9.70. The van der Waals surface area contributed by atoms with Crippen molar-refractivity contribution in [1.29, 1.82) is 0 Å². The molecule has 0 spiro atoms. The summed E-state index contributed by atoms with van der Waals surface area (Å²) < 4.78 is 5.56. The topological polar surface area (TPSA) is 42.2 Å². The van der Waals surface area contributed by atoms with Gasteiger partial charge in [-0.1, -0.05) is 38.2 Å². The molecule has 0 aliphatic heterocycles. The molecule has 0 atom stereocenters. The zero-order valence-corrected chi connectivity index (χ0v) is 12.6. The van der Waals surface area contributed by atoms with Gasteiger partial charge in [0.05, 0.1) is 0 Å². The van der Waals surface area contributed by atoms with E-state index in [0.29, 0.717) is 5.76 Å². The quantitative estimate of drug-likeness (QED) is 0.851. The number of furan rings is 1. The van der Waals surface area contributed by atoms with Gasteiger partial charge in [-0.05, 0) is 43.9 Å². The molecule has 0 aromatic carbocycles. The minimum absolute atomic E-state index is 0. The smallest absolute Gasteiger partial charge is 0.287 e. The molecule has 1 aliphatic rings. The highest BCUT2D eigenvalue weighted by molar-refractivity contribution is 5.91. The fraction of sp³-hybridized carbons (Fsp3) is 0.588. The van der Waals surface area contributed by atoms with Crippen LogP contribution in [0.5, 0.6) is 0 Å². The number of carbonyl (C=O) groups is 1. The average Bonchev–Trinajstić information content (AvgIpc) is 2.97.